The molecule has 2 heterocycles. The summed E-state index contributed by atoms with van der Waals surface area (Å²) in [6.07, 6.45) is 0.367. The Bertz CT molecular complexity index is 1330. The Morgan fingerprint density at radius 1 is 1.06 bits per heavy atom. The maximum Gasteiger partial charge on any atom is 0.227 e. The van der Waals surface area contributed by atoms with Crippen molar-refractivity contribution in [3.63, 3.8) is 0 Å². The van der Waals surface area contributed by atoms with Gasteiger partial charge in [-0.3, -0.25) is 9.59 Å². The molecule has 0 saturated carbocycles. The Balaban J connectivity index is 1.50. The summed E-state index contributed by atoms with van der Waals surface area (Å²) in [6, 6.07) is 22.7. The second-order valence-corrected chi connectivity index (χ2v) is 8.66. The molecule has 0 spiro atoms. The van der Waals surface area contributed by atoms with E-state index >= 15 is 0 Å². The van der Waals surface area contributed by atoms with Gasteiger partial charge in [-0.05, 0) is 61.0 Å². The molecule has 1 saturated heterocycles. The van der Waals surface area contributed by atoms with Gasteiger partial charge in [0.25, 0.3) is 0 Å². The highest BCUT2D eigenvalue weighted by Crippen LogP contribution is 2.33. The molecule has 0 aliphatic carbocycles. The van der Waals surface area contributed by atoms with Crippen LogP contribution in [0.2, 0.25) is 5.02 Å². The minimum atomic E-state index is -0.0894. The quantitative estimate of drug-likeness (QED) is 0.388. The van der Waals surface area contributed by atoms with Crippen LogP contribution in [-0.2, 0) is 11.3 Å². The first-order chi connectivity index (χ1) is 15.5. The van der Waals surface area contributed by atoms with Gasteiger partial charge in [0.1, 0.15) is 5.82 Å². The van der Waals surface area contributed by atoms with Crippen molar-refractivity contribution in [3.05, 3.63) is 94.8 Å². The van der Waals surface area contributed by atoms with E-state index in [1.165, 1.54) is 0 Å². The summed E-state index contributed by atoms with van der Waals surface area (Å²) in [6.45, 7) is 2.72. The molecule has 1 aromatic heterocycles. The molecule has 1 unspecified atom stereocenters. The molecule has 1 atom stereocenters. The van der Waals surface area contributed by atoms with E-state index in [9.17, 15) is 9.59 Å². The number of benzene rings is 3. The largest absolute Gasteiger partial charge is 0.320 e. The topological polar surface area (TPSA) is 55.2 Å². The number of carbonyl (C=O) groups is 2. The molecule has 1 fully saturated rings. The third-order valence-electron chi connectivity index (χ3n) is 5.96. The second-order valence-electron chi connectivity index (χ2n) is 8.22. The van der Waals surface area contributed by atoms with Crippen molar-refractivity contribution in [3.8, 4) is 0 Å². The molecule has 5 rings (SSSR count). The van der Waals surface area contributed by atoms with E-state index in [0.717, 1.165) is 28.1 Å². The van der Waals surface area contributed by atoms with E-state index in [-0.39, 0.29) is 24.2 Å². The number of halogens is 1. The number of carbonyl (C=O) groups excluding carboxylic acids is 2. The third-order valence-corrected chi connectivity index (χ3v) is 6.21. The number of nitrogens with zero attached hydrogens (tertiary/aromatic N) is 3. The van der Waals surface area contributed by atoms with Crippen LogP contribution in [0.1, 0.15) is 34.1 Å². The lowest BCUT2D eigenvalue weighted by Gasteiger charge is -2.18. The molecule has 6 heteroatoms. The van der Waals surface area contributed by atoms with Crippen LogP contribution in [0.5, 0.6) is 0 Å². The second kappa shape index (κ2) is 8.24. The zero-order valence-electron chi connectivity index (χ0n) is 17.7. The molecule has 5 nitrogen and oxygen atoms in total. The first kappa shape index (κ1) is 20.5. The van der Waals surface area contributed by atoms with E-state index in [0.29, 0.717) is 23.6 Å². The van der Waals surface area contributed by atoms with Gasteiger partial charge < -0.3 is 9.47 Å². The summed E-state index contributed by atoms with van der Waals surface area (Å²) >= 11 is 5.97. The van der Waals surface area contributed by atoms with E-state index < -0.39 is 0 Å². The number of aryl methyl sites for hydroxylation is 1. The number of para-hydroxylation sites is 2. The number of rotatable bonds is 5. The molecule has 4 aromatic rings. The molecular weight excluding hydrogens is 422 g/mol. The average Bonchev–Trinajstić information content (AvgIpc) is 3.35. The lowest BCUT2D eigenvalue weighted by Crippen LogP contribution is -2.24. The van der Waals surface area contributed by atoms with Crippen molar-refractivity contribution in [1.29, 1.82) is 0 Å². The SMILES string of the molecule is Cc1cccc(N2CC(c3nc4ccccc4n3CC(=O)c3ccc(Cl)cc3)CC2=O)c1. The summed E-state index contributed by atoms with van der Waals surface area (Å²) in [7, 11) is 0. The number of amides is 1. The van der Waals surface area contributed by atoms with Crippen molar-refractivity contribution < 1.29 is 9.59 Å². The minimum Gasteiger partial charge on any atom is -0.320 e. The van der Waals surface area contributed by atoms with E-state index in [4.69, 9.17) is 16.6 Å². The molecule has 1 aliphatic rings. The number of aromatic nitrogens is 2. The van der Waals surface area contributed by atoms with Gasteiger partial charge in [0.2, 0.25) is 5.91 Å². The smallest absolute Gasteiger partial charge is 0.227 e. The minimum absolute atomic E-state index is 0.0223. The van der Waals surface area contributed by atoms with Crippen LogP contribution >= 0.6 is 11.6 Å². The Kier molecular flexibility index (Phi) is 5.27. The number of ketones is 1. The zero-order chi connectivity index (χ0) is 22.2. The molecule has 32 heavy (non-hydrogen) atoms. The molecule has 3 aromatic carbocycles. The zero-order valence-corrected chi connectivity index (χ0v) is 18.4. The molecule has 0 radical (unpaired) electrons. The Morgan fingerprint density at radius 2 is 1.84 bits per heavy atom. The van der Waals surface area contributed by atoms with Gasteiger partial charge in [0.05, 0.1) is 17.6 Å². The van der Waals surface area contributed by atoms with Gasteiger partial charge in [-0.2, -0.15) is 0 Å². The number of anilines is 1. The molecule has 1 aliphatic heterocycles. The van der Waals surface area contributed by atoms with Crippen LogP contribution in [-0.4, -0.2) is 27.8 Å². The lowest BCUT2D eigenvalue weighted by atomic mass is 10.1. The predicted molar refractivity (Wildman–Crippen MR) is 126 cm³/mol. The van der Waals surface area contributed by atoms with Crippen molar-refractivity contribution >= 4 is 40.0 Å². The highest BCUT2D eigenvalue weighted by molar-refractivity contribution is 6.30. The first-order valence-corrected chi connectivity index (χ1v) is 11.0. The van der Waals surface area contributed by atoms with Crippen LogP contribution in [0.3, 0.4) is 0 Å². The summed E-state index contributed by atoms with van der Waals surface area (Å²) < 4.78 is 1.96. The predicted octanol–water partition coefficient (Wildman–Crippen LogP) is 5.40. The fourth-order valence-electron chi connectivity index (χ4n) is 4.37. The molecule has 0 N–H and O–H groups in total. The van der Waals surface area contributed by atoms with Gasteiger partial charge in [-0.25, -0.2) is 4.98 Å². The Hall–Kier alpha value is -3.44. The Morgan fingerprint density at radius 3 is 2.62 bits per heavy atom. The maximum absolute atomic E-state index is 13.1. The highest BCUT2D eigenvalue weighted by atomic mass is 35.5. The van der Waals surface area contributed by atoms with Crippen LogP contribution in [0.4, 0.5) is 5.69 Å². The lowest BCUT2D eigenvalue weighted by molar-refractivity contribution is -0.117. The van der Waals surface area contributed by atoms with Gasteiger partial charge in [0.15, 0.2) is 5.78 Å². The van der Waals surface area contributed by atoms with Crippen LogP contribution in [0.25, 0.3) is 11.0 Å². The third kappa shape index (κ3) is 3.80. The maximum atomic E-state index is 13.1. The van der Waals surface area contributed by atoms with E-state index in [1.54, 1.807) is 24.3 Å². The van der Waals surface area contributed by atoms with Crippen molar-refractivity contribution in [1.82, 2.24) is 9.55 Å². The monoisotopic (exact) mass is 443 g/mol. The number of imidazole rings is 1. The Labute approximate surface area is 191 Å². The fourth-order valence-corrected chi connectivity index (χ4v) is 4.49. The average molecular weight is 444 g/mol. The van der Waals surface area contributed by atoms with Crippen molar-refractivity contribution in [2.45, 2.75) is 25.8 Å². The van der Waals surface area contributed by atoms with Crippen LogP contribution in [0.15, 0.2) is 72.8 Å². The molecule has 1 amide bonds. The van der Waals surface area contributed by atoms with Crippen LogP contribution in [0, 0.1) is 6.92 Å². The normalized spacial score (nSPS) is 16.1. The summed E-state index contributed by atoms with van der Waals surface area (Å²) in [5.41, 5.74) is 4.33. The van der Waals surface area contributed by atoms with E-state index in [1.807, 2.05) is 64.9 Å². The fraction of sp³-hybridized carbons (Fsp3) is 0.192. The number of Topliss-reactive ketones (excluding diaryl/α,β-unsaturated/α-hetero) is 1. The van der Waals surface area contributed by atoms with Gasteiger partial charge in [0, 0.05) is 35.2 Å². The van der Waals surface area contributed by atoms with Gasteiger partial charge in [-0.1, -0.05) is 35.9 Å². The van der Waals surface area contributed by atoms with Crippen molar-refractivity contribution in [2.75, 3.05) is 11.4 Å². The standard InChI is InChI=1S/C26H22ClN3O2/c1-17-5-4-6-21(13-17)29-15-19(14-25(29)32)26-28-22-7-2-3-8-23(22)30(26)16-24(31)18-9-11-20(27)12-10-18/h2-13,19H,14-16H2,1H3. The van der Waals surface area contributed by atoms with Crippen LogP contribution < -0.4 is 4.90 Å². The van der Waals surface area contributed by atoms with Crippen molar-refractivity contribution in [2.24, 2.45) is 0 Å². The highest BCUT2D eigenvalue weighted by Gasteiger charge is 2.35. The molecule has 160 valence electrons. The summed E-state index contributed by atoms with van der Waals surface area (Å²) in [5, 5.41) is 0.594. The summed E-state index contributed by atoms with van der Waals surface area (Å²) in [4.78, 5) is 32.6. The molecule has 0 bridgehead atoms. The number of hydrogen-bond acceptors (Lipinski definition) is 3. The van der Waals surface area contributed by atoms with E-state index in [2.05, 4.69) is 0 Å². The number of hydrogen-bond donors (Lipinski definition) is 0. The van der Waals surface area contributed by atoms with Gasteiger partial charge in [-0.15, -0.1) is 0 Å². The molecular formula is C26H22ClN3O2. The van der Waals surface area contributed by atoms with Gasteiger partial charge >= 0.3 is 0 Å². The summed E-state index contributed by atoms with van der Waals surface area (Å²) in [5.74, 6) is 0.736. The first-order valence-electron chi connectivity index (χ1n) is 10.6. The number of fused-ring (bicyclic) bond motifs is 1.